The molecule has 9 nitrogen and oxygen atoms in total. The number of hydrogen-bond donors (Lipinski definition) is 1. The summed E-state index contributed by atoms with van der Waals surface area (Å²) in [6, 6.07) is 4.84. The maximum Gasteiger partial charge on any atom is 0.259 e. The van der Waals surface area contributed by atoms with E-state index >= 15 is 0 Å². The van der Waals surface area contributed by atoms with Gasteiger partial charge in [-0.15, -0.1) is 0 Å². The first-order valence-corrected chi connectivity index (χ1v) is 11.3. The Hall–Kier alpha value is -4.24. The predicted molar refractivity (Wildman–Crippen MR) is 123 cm³/mol. The molecule has 36 heavy (non-hydrogen) atoms. The lowest BCUT2D eigenvalue weighted by molar-refractivity contribution is 0.0608. The number of nitrogens with zero attached hydrogens (tertiary/aromatic N) is 7. The smallest absolute Gasteiger partial charge is 0.259 e. The molecule has 184 valence electrons. The zero-order chi connectivity index (χ0) is 25.2. The van der Waals surface area contributed by atoms with E-state index in [9.17, 15) is 23.2 Å². The van der Waals surface area contributed by atoms with Gasteiger partial charge in [0.05, 0.1) is 30.4 Å². The Morgan fingerprint density at radius 1 is 1.14 bits per heavy atom. The van der Waals surface area contributed by atoms with Gasteiger partial charge in [0.2, 0.25) is 0 Å². The molecule has 5 rings (SSSR count). The molecule has 12 heteroatoms. The van der Waals surface area contributed by atoms with E-state index in [2.05, 4.69) is 31.0 Å². The highest BCUT2D eigenvalue weighted by Crippen LogP contribution is 2.26. The summed E-state index contributed by atoms with van der Waals surface area (Å²) in [5, 5.41) is 14.7. The number of fused-ring (bicyclic) bond motifs is 1. The second kappa shape index (κ2) is 9.79. The van der Waals surface area contributed by atoms with E-state index in [4.69, 9.17) is 0 Å². The third kappa shape index (κ3) is 4.52. The molecule has 0 saturated carbocycles. The summed E-state index contributed by atoms with van der Waals surface area (Å²) in [5.74, 6) is -4.32. The minimum atomic E-state index is -1.22. The van der Waals surface area contributed by atoms with Crippen LogP contribution in [-0.4, -0.2) is 73.2 Å². The van der Waals surface area contributed by atoms with Gasteiger partial charge < -0.3 is 9.88 Å². The van der Waals surface area contributed by atoms with Gasteiger partial charge >= 0.3 is 0 Å². The van der Waals surface area contributed by atoms with E-state index in [0.717, 1.165) is 16.6 Å². The van der Waals surface area contributed by atoms with Crippen LogP contribution < -0.4 is 0 Å². The van der Waals surface area contributed by atoms with E-state index in [1.54, 1.807) is 17.1 Å². The lowest BCUT2D eigenvalue weighted by Crippen LogP contribution is -2.50. The molecular weight excluding hydrogens is 473 g/mol. The summed E-state index contributed by atoms with van der Waals surface area (Å²) in [4.78, 5) is 27.7. The van der Waals surface area contributed by atoms with Crippen molar-refractivity contribution < 1.29 is 18.0 Å². The number of carbonyl (C=O) groups excluding carboxylic acids is 1. The van der Waals surface area contributed by atoms with E-state index in [1.165, 1.54) is 11.2 Å². The maximum absolute atomic E-state index is 14.0. The molecular formula is C24H21F3N8O. The zero-order valence-corrected chi connectivity index (χ0v) is 19.0. The highest BCUT2D eigenvalue weighted by molar-refractivity contribution is 5.95. The molecule has 1 aliphatic rings. The van der Waals surface area contributed by atoms with Crippen molar-refractivity contribution in [2.45, 2.75) is 12.5 Å². The molecule has 1 saturated heterocycles. The fourth-order valence-electron chi connectivity index (χ4n) is 4.45. The van der Waals surface area contributed by atoms with Crippen LogP contribution in [0.5, 0.6) is 0 Å². The molecule has 0 aliphatic carbocycles. The Bertz CT molecular complexity index is 1430. The Kier molecular flexibility index (Phi) is 6.39. The van der Waals surface area contributed by atoms with Crippen LogP contribution in [0.2, 0.25) is 0 Å². The summed E-state index contributed by atoms with van der Waals surface area (Å²) in [6.07, 6.45) is 7.02. The summed E-state index contributed by atoms with van der Waals surface area (Å²) in [5.41, 5.74) is 1.49. The third-order valence-electron chi connectivity index (χ3n) is 6.28. The number of benzene rings is 1. The number of halogens is 3. The fourth-order valence-corrected chi connectivity index (χ4v) is 4.45. The summed E-state index contributed by atoms with van der Waals surface area (Å²) >= 11 is 0. The van der Waals surface area contributed by atoms with E-state index < -0.39 is 28.9 Å². The molecule has 1 N–H and O–H groups in total. The number of aromatic nitrogens is 5. The van der Waals surface area contributed by atoms with Crippen molar-refractivity contribution >= 4 is 16.9 Å². The van der Waals surface area contributed by atoms with Crippen LogP contribution in [-0.2, 0) is 0 Å². The Balaban J connectivity index is 1.26. The Labute approximate surface area is 203 Å². The molecule has 0 spiro atoms. The molecule has 1 atom stereocenters. The molecule has 4 aromatic rings. The minimum Gasteiger partial charge on any atom is -0.346 e. The minimum absolute atomic E-state index is 0.218. The number of amides is 1. The summed E-state index contributed by atoms with van der Waals surface area (Å²) in [6.45, 7) is 1.87. The van der Waals surface area contributed by atoms with Crippen molar-refractivity contribution in [2.75, 3.05) is 32.7 Å². The van der Waals surface area contributed by atoms with Crippen LogP contribution in [0.1, 0.15) is 22.8 Å². The number of nitrogens with one attached hydrogen (secondary N) is 1. The quantitative estimate of drug-likeness (QED) is 0.441. The predicted octanol–water partition coefficient (Wildman–Crippen LogP) is 3.15. The molecule has 1 fully saturated rings. The highest BCUT2D eigenvalue weighted by Gasteiger charge is 2.28. The normalized spacial score (nSPS) is 15.2. The van der Waals surface area contributed by atoms with Gasteiger partial charge in [0.15, 0.2) is 0 Å². The van der Waals surface area contributed by atoms with E-state index in [0.29, 0.717) is 37.4 Å². The second-order valence-corrected chi connectivity index (χ2v) is 8.52. The van der Waals surface area contributed by atoms with Crippen molar-refractivity contribution in [3.63, 3.8) is 0 Å². The van der Waals surface area contributed by atoms with Crippen molar-refractivity contribution in [1.29, 1.82) is 5.26 Å². The van der Waals surface area contributed by atoms with Crippen LogP contribution in [0.3, 0.4) is 0 Å². The topological polar surface area (TPSA) is 107 Å². The first-order chi connectivity index (χ1) is 17.4. The summed E-state index contributed by atoms with van der Waals surface area (Å²) < 4.78 is 43.0. The first kappa shape index (κ1) is 23.5. The first-order valence-electron chi connectivity index (χ1n) is 11.3. The average molecular weight is 494 g/mol. The fraction of sp³-hybridized carbons (Fsp3) is 0.292. The van der Waals surface area contributed by atoms with Gasteiger partial charge in [-0.25, -0.2) is 23.1 Å². The molecule has 0 bridgehead atoms. The SMILES string of the molecule is N#CCC(CN1CCN(C(=O)c2c(F)cc(F)cc2F)CC1)n1cc(-c2ncnc3[nH]ccc23)cn1. The highest BCUT2D eigenvalue weighted by atomic mass is 19.1. The lowest BCUT2D eigenvalue weighted by Gasteiger charge is -2.36. The third-order valence-corrected chi connectivity index (χ3v) is 6.28. The Morgan fingerprint density at radius 3 is 2.61 bits per heavy atom. The van der Waals surface area contributed by atoms with Crippen molar-refractivity contribution in [3.8, 4) is 17.3 Å². The molecule has 3 aromatic heterocycles. The number of H-pyrrole nitrogens is 1. The van der Waals surface area contributed by atoms with Crippen LogP contribution in [0.15, 0.2) is 43.1 Å². The van der Waals surface area contributed by atoms with Gasteiger partial charge in [0, 0.05) is 68.2 Å². The largest absolute Gasteiger partial charge is 0.346 e. The number of aromatic amines is 1. The maximum atomic E-state index is 14.0. The molecule has 1 unspecified atom stereocenters. The molecule has 0 radical (unpaired) electrons. The molecule has 1 aliphatic heterocycles. The zero-order valence-electron chi connectivity index (χ0n) is 19.0. The number of carbonyl (C=O) groups is 1. The van der Waals surface area contributed by atoms with Crippen molar-refractivity contribution in [2.24, 2.45) is 0 Å². The van der Waals surface area contributed by atoms with Crippen molar-refractivity contribution in [3.05, 3.63) is 66.1 Å². The Morgan fingerprint density at radius 2 is 1.89 bits per heavy atom. The van der Waals surface area contributed by atoms with Crippen LogP contribution in [0.25, 0.3) is 22.3 Å². The monoisotopic (exact) mass is 494 g/mol. The molecule has 4 heterocycles. The number of nitriles is 1. The molecule has 1 aromatic carbocycles. The van der Waals surface area contributed by atoms with Gasteiger partial charge in [-0.1, -0.05) is 0 Å². The van der Waals surface area contributed by atoms with Gasteiger partial charge in [0.25, 0.3) is 5.91 Å². The van der Waals surface area contributed by atoms with Crippen LogP contribution in [0.4, 0.5) is 13.2 Å². The standard InChI is InChI=1S/C24H21F3N8O/c25-16-9-19(26)21(20(27)10-16)24(36)34-7-5-33(6-8-34)13-17(1-3-28)35-12-15(11-32-35)22-18-2-4-29-23(18)31-14-30-22/h2,4,9-12,14,17H,1,5-8,13H2,(H,29,30,31). The van der Waals surface area contributed by atoms with Gasteiger partial charge in [-0.2, -0.15) is 10.4 Å². The summed E-state index contributed by atoms with van der Waals surface area (Å²) in [7, 11) is 0. The van der Waals surface area contributed by atoms with Crippen LogP contribution >= 0.6 is 0 Å². The second-order valence-electron chi connectivity index (χ2n) is 8.52. The average Bonchev–Trinajstić information content (AvgIpc) is 3.53. The van der Waals surface area contributed by atoms with E-state index in [-0.39, 0.29) is 25.6 Å². The van der Waals surface area contributed by atoms with Crippen molar-refractivity contribution in [1.82, 2.24) is 34.5 Å². The van der Waals surface area contributed by atoms with Gasteiger partial charge in [-0.05, 0) is 6.07 Å². The van der Waals surface area contributed by atoms with E-state index in [1.807, 2.05) is 12.3 Å². The number of hydrogen-bond acceptors (Lipinski definition) is 6. The van der Waals surface area contributed by atoms with Gasteiger partial charge in [-0.3, -0.25) is 14.4 Å². The van der Waals surface area contributed by atoms with Gasteiger partial charge in [0.1, 0.15) is 35.0 Å². The van der Waals surface area contributed by atoms with Crippen LogP contribution in [0, 0.1) is 28.8 Å². The lowest BCUT2D eigenvalue weighted by atomic mass is 10.1. The molecule has 1 amide bonds. The number of rotatable bonds is 6. The number of piperazine rings is 1.